The van der Waals surface area contributed by atoms with Crippen LogP contribution in [0.15, 0.2) is 53.0 Å². The van der Waals surface area contributed by atoms with Gasteiger partial charge in [-0.05, 0) is 247 Å². The summed E-state index contributed by atoms with van der Waals surface area (Å²) in [5, 5.41) is 22.8. The van der Waals surface area contributed by atoms with Gasteiger partial charge in [0.15, 0.2) is 5.78 Å². The second-order valence-electron chi connectivity index (χ2n) is 24.4. The van der Waals surface area contributed by atoms with Crippen molar-refractivity contribution in [3.05, 3.63) is 70.2 Å². The summed E-state index contributed by atoms with van der Waals surface area (Å²) in [5.41, 5.74) is 0.680. The molecule has 8 fully saturated rings. The molecule has 0 unspecified atom stereocenters. The van der Waals surface area contributed by atoms with Crippen LogP contribution in [-0.4, -0.2) is 52.3 Å². The van der Waals surface area contributed by atoms with Gasteiger partial charge < -0.3 is 10.2 Å². The minimum Gasteiger partial charge on any atom is -0.390 e. The maximum Gasteiger partial charge on any atom is 0.249 e. The zero-order chi connectivity index (χ0) is 46.9. The molecule has 0 heterocycles. The molecule has 2 aromatic carbocycles. The summed E-state index contributed by atoms with van der Waals surface area (Å²) in [6.45, 7) is 13.9. The molecule has 8 aliphatic carbocycles. The van der Waals surface area contributed by atoms with Crippen molar-refractivity contribution in [1.29, 1.82) is 0 Å². The van der Waals surface area contributed by atoms with E-state index in [0.717, 1.165) is 85.9 Å². The molecule has 6 nitrogen and oxygen atoms in total. The number of fused-ring (bicyclic) bond motifs is 10. The fourth-order valence-electron chi connectivity index (χ4n) is 17.3. The first kappa shape index (κ1) is 51.6. The number of benzene rings is 2. The van der Waals surface area contributed by atoms with Crippen LogP contribution >= 0.6 is 15.9 Å². The minimum atomic E-state index is -0.486. The first-order valence-corrected chi connectivity index (χ1v) is 26.3. The van der Waals surface area contributed by atoms with Crippen LogP contribution in [0, 0.1) is 92.5 Å². The fourth-order valence-corrected chi connectivity index (χ4v) is 17.5. The van der Waals surface area contributed by atoms with E-state index in [4.69, 9.17) is 4.84 Å². The van der Waals surface area contributed by atoms with Gasteiger partial charge in [-0.3, -0.25) is 14.4 Å². The predicted molar refractivity (Wildman–Crippen MR) is 263 cm³/mol. The van der Waals surface area contributed by atoms with Gasteiger partial charge in [0.05, 0.1) is 18.3 Å². The molecule has 9 heteroatoms. The number of hydroxylamine groups is 2. The number of nitrogens with zero attached hydrogens (tertiary/aromatic N) is 1. The molecule has 10 rings (SSSR count). The monoisotopic (exact) mass is 980 g/mol. The Morgan fingerprint density at radius 2 is 0.985 bits per heavy atom. The van der Waals surface area contributed by atoms with E-state index in [0.29, 0.717) is 40.1 Å². The van der Waals surface area contributed by atoms with E-state index in [1.165, 1.54) is 87.1 Å². The van der Waals surface area contributed by atoms with Crippen LogP contribution in [0.2, 0.25) is 0 Å². The third kappa shape index (κ3) is 9.41. The number of carbonyl (C=O) groups excluding carboxylic acids is 2. The van der Waals surface area contributed by atoms with E-state index < -0.39 is 11.2 Å². The molecule has 0 saturated heterocycles. The van der Waals surface area contributed by atoms with Crippen LogP contribution in [0.25, 0.3) is 0 Å². The molecule has 1 amide bonds. The third-order valence-electron chi connectivity index (χ3n) is 21.0. The first-order valence-electron chi connectivity index (χ1n) is 25.5. The molecule has 0 spiro atoms. The van der Waals surface area contributed by atoms with Crippen LogP contribution < -0.4 is 0 Å². The molecule has 0 aromatic heterocycles. The van der Waals surface area contributed by atoms with Crippen molar-refractivity contribution < 1.29 is 33.4 Å². The number of hydrogen-bond acceptors (Lipinski definition) is 5. The number of rotatable bonds is 4. The lowest BCUT2D eigenvalue weighted by Crippen LogP contribution is -2.56. The van der Waals surface area contributed by atoms with Crippen molar-refractivity contribution in [1.82, 2.24) is 5.06 Å². The Morgan fingerprint density at radius 1 is 0.576 bits per heavy atom. The average Bonchev–Trinajstić information content (AvgIpc) is 3.82. The van der Waals surface area contributed by atoms with Crippen molar-refractivity contribution in [3.8, 4) is 0 Å². The van der Waals surface area contributed by atoms with Crippen LogP contribution in [0.3, 0.4) is 0 Å². The standard InChI is InChI=1S/C27H37FO2.C23H39NO3.C6H4BrF.CH4/c1-25(30)14-15-26(2)18(16-25)6-9-20-21-10-11-23(27(21,3)13-12-22(20)26)24(29)17-4-7-19(28)8-5-17;1-21(26)12-13-22(2)15(14-21)6-7-16-17-8-9-19(20(25)24(4)27-5)23(17,3)11-10-18(16)22;7-5-1-3-6(8)4-2-5;/h4-5,7-8,18,20-23,30H,6,9-16H2,1-3H3;15-19,26H,6-14H2,1-5H3;1-4H;1H4/t18-,20+,21+,22+,23-,25-,26+,27+;15-,16+,17+,18+,19-,21-,22+,23+;;/m11../s1. The molecule has 0 radical (unpaired) electrons. The minimum absolute atomic E-state index is 0. The smallest absolute Gasteiger partial charge is 0.249 e. The van der Waals surface area contributed by atoms with Gasteiger partial charge >= 0.3 is 0 Å². The Kier molecular flexibility index (Phi) is 15.0. The van der Waals surface area contributed by atoms with Gasteiger partial charge in [-0.15, -0.1) is 0 Å². The molecule has 8 aliphatic rings. The average molecular weight is 981 g/mol. The van der Waals surface area contributed by atoms with Gasteiger partial charge in [-0.1, -0.05) is 51.1 Å². The Balaban J connectivity index is 0.000000167. The van der Waals surface area contributed by atoms with Crippen LogP contribution in [0.4, 0.5) is 8.78 Å². The SMILES string of the molecule is C.CON(C)C(=O)[C@H]1CC[C@H]2[C@@H]3CC[C@@H]4C[C@](C)(O)CC[C@]4(C)[C@H]3CC[C@]12C.C[C@@]1(O)CC[C@@]2(C)[C@H](CC[C@@H]3[C@@H]2CC[C@]2(C)[C@@H](C(=O)c4ccc(F)cc4)CC[C@@H]32)C1.Fc1ccc(Br)cc1. The normalized spacial score (nSPS) is 44.1. The maximum atomic E-state index is 13.4. The zero-order valence-corrected chi connectivity index (χ0v) is 42.4. The Hall–Kier alpha value is -2.20. The number of aliphatic hydroxyl groups is 2. The molecular formula is C57H84BrF2NO5. The lowest BCUT2D eigenvalue weighted by molar-refractivity contribution is -0.182. The Labute approximate surface area is 405 Å². The Morgan fingerprint density at radius 3 is 1.42 bits per heavy atom. The lowest BCUT2D eigenvalue weighted by atomic mass is 9.44. The van der Waals surface area contributed by atoms with E-state index in [1.54, 1.807) is 38.4 Å². The van der Waals surface area contributed by atoms with Gasteiger partial charge in [0.2, 0.25) is 5.91 Å². The quantitative estimate of drug-likeness (QED) is 0.235. The summed E-state index contributed by atoms with van der Waals surface area (Å²) < 4.78 is 26.3. The highest BCUT2D eigenvalue weighted by molar-refractivity contribution is 9.10. The molecule has 2 N–H and O–H groups in total. The van der Waals surface area contributed by atoms with Gasteiger partial charge in [0.25, 0.3) is 0 Å². The topological polar surface area (TPSA) is 87.1 Å². The van der Waals surface area contributed by atoms with Crippen molar-refractivity contribution in [2.24, 2.45) is 80.8 Å². The maximum absolute atomic E-state index is 13.4. The summed E-state index contributed by atoms with van der Waals surface area (Å²) >= 11 is 3.18. The van der Waals surface area contributed by atoms with Gasteiger partial charge in [0, 0.05) is 28.9 Å². The summed E-state index contributed by atoms with van der Waals surface area (Å²) in [6.07, 6.45) is 20.3. The van der Waals surface area contributed by atoms with E-state index in [-0.39, 0.29) is 53.4 Å². The van der Waals surface area contributed by atoms with E-state index in [1.807, 2.05) is 13.8 Å². The number of Topliss-reactive ketones (excluding diaryl/α,β-unsaturated/α-hetero) is 1. The largest absolute Gasteiger partial charge is 0.390 e. The zero-order valence-electron chi connectivity index (χ0n) is 40.8. The fraction of sp³-hybridized carbons (Fsp3) is 0.754. The number of carbonyl (C=O) groups is 2. The third-order valence-corrected chi connectivity index (χ3v) is 21.6. The summed E-state index contributed by atoms with van der Waals surface area (Å²) in [7, 11) is 3.34. The highest BCUT2D eigenvalue weighted by Gasteiger charge is 2.64. The lowest BCUT2D eigenvalue weighted by Gasteiger charge is -2.61. The number of hydrogen-bond donors (Lipinski definition) is 2. The predicted octanol–water partition coefficient (Wildman–Crippen LogP) is 14.1. The van der Waals surface area contributed by atoms with Crippen molar-refractivity contribution >= 4 is 27.6 Å². The molecule has 368 valence electrons. The summed E-state index contributed by atoms with van der Waals surface area (Å²) in [6, 6.07) is 12.3. The van der Waals surface area contributed by atoms with E-state index >= 15 is 0 Å². The van der Waals surface area contributed by atoms with E-state index in [2.05, 4.69) is 43.6 Å². The van der Waals surface area contributed by atoms with Crippen LogP contribution in [-0.2, 0) is 9.63 Å². The molecular weight excluding hydrogens is 897 g/mol. The highest BCUT2D eigenvalue weighted by Crippen LogP contribution is 2.70. The summed E-state index contributed by atoms with van der Waals surface area (Å²) in [4.78, 5) is 31.5. The number of amides is 1. The van der Waals surface area contributed by atoms with E-state index in [9.17, 15) is 28.6 Å². The molecule has 66 heavy (non-hydrogen) atoms. The van der Waals surface area contributed by atoms with Crippen molar-refractivity contribution in [2.45, 2.75) is 176 Å². The van der Waals surface area contributed by atoms with Crippen LogP contribution in [0.5, 0.6) is 0 Å². The Bertz CT molecular complexity index is 2010. The number of halogens is 3. The number of ketones is 1. The molecule has 0 aliphatic heterocycles. The summed E-state index contributed by atoms with van der Waals surface area (Å²) in [5.74, 6) is 5.74. The second-order valence-corrected chi connectivity index (χ2v) is 25.3. The second kappa shape index (κ2) is 19.2. The molecule has 16 atom stereocenters. The molecule has 2 aromatic rings. The van der Waals surface area contributed by atoms with Gasteiger partial charge in [-0.2, -0.15) is 0 Å². The van der Waals surface area contributed by atoms with Crippen molar-refractivity contribution in [3.63, 3.8) is 0 Å². The van der Waals surface area contributed by atoms with Gasteiger partial charge in [-0.25, -0.2) is 13.8 Å². The van der Waals surface area contributed by atoms with Crippen LogP contribution in [0.1, 0.15) is 175 Å². The first-order chi connectivity index (χ1) is 30.5. The van der Waals surface area contributed by atoms with Gasteiger partial charge in [0.1, 0.15) is 11.6 Å². The molecule has 0 bridgehead atoms. The highest BCUT2D eigenvalue weighted by atomic mass is 79.9. The molecule has 8 saturated carbocycles. The van der Waals surface area contributed by atoms with Crippen molar-refractivity contribution in [2.75, 3.05) is 14.2 Å².